The maximum atomic E-state index is 14.0. The number of urea groups is 1. The zero-order valence-electron chi connectivity index (χ0n) is 12.6. The van der Waals surface area contributed by atoms with Crippen molar-refractivity contribution in [2.75, 3.05) is 11.9 Å². The summed E-state index contributed by atoms with van der Waals surface area (Å²) in [5.41, 5.74) is 0.908. The third kappa shape index (κ3) is 3.51. The van der Waals surface area contributed by atoms with E-state index in [2.05, 4.69) is 11.4 Å². The molecule has 2 aromatic rings. The Balaban J connectivity index is 1.76. The fraction of sp³-hybridized carbons (Fsp3) is 0.294. The van der Waals surface area contributed by atoms with E-state index in [1.165, 1.54) is 12.1 Å². The van der Waals surface area contributed by atoms with Gasteiger partial charge in [-0.3, -0.25) is 0 Å². The second kappa shape index (κ2) is 6.53. The molecule has 1 N–H and O–H groups in total. The Morgan fingerprint density at radius 2 is 2.13 bits per heavy atom. The van der Waals surface area contributed by atoms with Gasteiger partial charge in [-0.1, -0.05) is 0 Å². The maximum Gasteiger partial charge on any atom is 0.322 e. The van der Waals surface area contributed by atoms with Crippen LogP contribution >= 0.6 is 0 Å². The van der Waals surface area contributed by atoms with Gasteiger partial charge < -0.3 is 14.8 Å². The Labute approximate surface area is 133 Å². The largest absolute Gasteiger partial charge is 0.322 e. The number of halogens is 1. The lowest BCUT2D eigenvalue weighted by Gasteiger charge is -2.22. The molecule has 1 heterocycles. The molecule has 2 amide bonds. The minimum atomic E-state index is -0.359. The molecule has 0 unspecified atom stereocenters. The number of nitrogens with one attached hydrogen (secondary N) is 1. The summed E-state index contributed by atoms with van der Waals surface area (Å²) in [4.78, 5) is 14.1. The molecule has 23 heavy (non-hydrogen) atoms. The van der Waals surface area contributed by atoms with Crippen molar-refractivity contribution in [3.63, 3.8) is 0 Å². The Morgan fingerprint density at radius 1 is 1.39 bits per heavy atom. The maximum absolute atomic E-state index is 14.0. The first-order valence-corrected chi connectivity index (χ1v) is 7.56. The van der Waals surface area contributed by atoms with Crippen molar-refractivity contribution in [1.82, 2.24) is 9.47 Å². The van der Waals surface area contributed by atoms with Gasteiger partial charge in [-0.2, -0.15) is 5.26 Å². The SMILES string of the molecule is N#CCCN(C(=O)Nc1ccc(F)c(-n2cccc2)c1)C1CC1. The number of hydrogen-bond acceptors (Lipinski definition) is 2. The summed E-state index contributed by atoms with van der Waals surface area (Å²) in [7, 11) is 0. The van der Waals surface area contributed by atoms with Gasteiger partial charge in [0.2, 0.25) is 0 Å². The second-order valence-electron chi connectivity index (χ2n) is 5.52. The highest BCUT2D eigenvalue weighted by Crippen LogP contribution is 2.28. The highest BCUT2D eigenvalue weighted by Gasteiger charge is 2.32. The van der Waals surface area contributed by atoms with Crippen LogP contribution in [0.15, 0.2) is 42.7 Å². The number of carbonyl (C=O) groups excluding carboxylic acids is 1. The summed E-state index contributed by atoms with van der Waals surface area (Å²) in [6.07, 6.45) is 5.73. The molecular formula is C17H17FN4O. The summed E-state index contributed by atoms with van der Waals surface area (Å²) in [6.45, 7) is 0.415. The average Bonchev–Trinajstić information content (AvgIpc) is 3.23. The number of nitrogens with zero attached hydrogens (tertiary/aromatic N) is 3. The van der Waals surface area contributed by atoms with Crippen molar-refractivity contribution in [2.24, 2.45) is 0 Å². The van der Waals surface area contributed by atoms with Gasteiger partial charge in [0, 0.05) is 30.7 Å². The van der Waals surface area contributed by atoms with Crippen LogP contribution in [0.25, 0.3) is 5.69 Å². The van der Waals surface area contributed by atoms with E-state index in [-0.39, 0.29) is 17.9 Å². The Hall–Kier alpha value is -2.81. The Morgan fingerprint density at radius 3 is 2.78 bits per heavy atom. The predicted molar refractivity (Wildman–Crippen MR) is 84.7 cm³/mol. The summed E-state index contributed by atoms with van der Waals surface area (Å²) >= 11 is 0. The Bertz CT molecular complexity index is 732. The van der Waals surface area contributed by atoms with E-state index < -0.39 is 0 Å². The summed E-state index contributed by atoms with van der Waals surface area (Å²) < 4.78 is 15.6. The number of anilines is 1. The van der Waals surface area contributed by atoms with Gasteiger partial charge in [0.1, 0.15) is 5.82 Å². The van der Waals surface area contributed by atoms with Crippen LogP contribution in [0.1, 0.15) is 19.3 Å². The van der Waals surface area contributed by atoms with Crippen molar-refractivity contribution < 1.29 is 9.18 Å². The molecule has 0 atom stereocenters. The van der Waals surface area contributed by atoms with E-state index in [1.54, 1.807) is 40.1 Å². The van der Waals surface area contributed by atoms with Gasteiger partial charge in [-0.25, -0.2) is 9.18 Å². The van der Waals surface area contributed by atoms with Crippen LogP contribution < -0.4 is 5.32 Å². The first-order chi connectivity index (χ1) is 11.2. The fourth-order valence-corrected chi connectivity index (χ4v) is 2.49. The molecule has 1 aromatic carbocycles. The first kappa shape index (κ1) is 15.1. The molecule has 1 fully saturated rings. The van der Waals surface area contributed by atoms with Crippen molar-refractivity contribution in [3.8, 4) is 11.8 Å². The van der Waals surface area contributed by atoms with Crippen molar-refractivity contribution >= 4 is 11.7 Å². The number of aromatic nitrogens is 1. The lowest BCUT2D eigenvalue weighted by Crippen LogP contribution is -2.37. The molecule has 1 aromatic heterocycles. The third-order valence-electron chi connectivity index (χ3n) is 3.79. The van der Waals surface area contributed by atoms with Gasteiger partial charge in [0.25, 0.3) is 0 Å². The van der Waals surface area contributed by atoms with Gasteiger partial charge >= 0.3 is 6.03 Å². The second-order valence-corrected chi connectivity index (χ2v) is 5.52. The van der Waals surface area contributed by atoms with Crippen LogP contribution in [-0.4, -0.2) is 28.1 Å². The molecule has 0 spiro atoms. The minimum absolute atomic E-state index is 0.215. The lowest BCUT2D eigenvalue weighted by molar-refractivity contribution is 0.210. The molecule has 0 radical (unpaired) electrons. The van der Waals surface area contributed by atoms with E-state index in [1.807, 2.05) is 0 Å². The van der Waals surface area contributed by atoms with E-state index in [0.29, 0.717) is 24.3 Å². The zero-order valence-corrected chi connectivity index (χ0v) is 12.6. The van der Waals surface area contributed by atoms with Crippen LogP contribution in [0, 0.1) is 17.1 Å². The topological polar surface area (TPSA) is 61.1 Å². The summed E-state index contributed by atoms with van der Waals surface area (Å²) in [6, 6.07) is 10.1. The third-order valence-corrected chi connectivity index (χ3v) is 3.79. The fourth-order valence-electron chi connectivity index (χ4n) is 2.49. The quantitative estimate of drug-likeness (QED) is 0.918. The molecule has 3 rings (SSSR count). The number of rotatable bonds is 5. The number of hydrogen-bond donors (Lipinski definition) is 1. The molecule has 5 nitrogen and oxygen atoms in total. The van der Waals surface area contributed by atoms with Crippen LogP contribution in [0.3, 0.4) is 0 Å². The smallest absolute Gasteiger partial charge is 0.321 e. The zero-order chi connectivity index (χ0) is 16.2. The van der Waals surface area contributed by atoms with Crippen LogP contribution in [-0.2, 0) is 0 Å². The molecule has 6 heteroatoms. The Kier molecular flexibility index (Phi) is 4.29. The summed E-state index contributed by atoms with van der Waals surface area (Å²) in [5, 5.41) is 11.5. The highest BCUT2D eigenvalue weighted by molar-refractivity contribution is 5.90. The molecule has 0 aliphatic heterocycles. The molecule has 0 bridgehead atoms. The number of benzene rings is 1. The lowest BCUT2D eigenvalue weighted by atomic mass is 10.2. The minimum Gasteiger partial charge on any atom is -0.321 e. The van der Waals surface area contributed by atoms with Crippen LogP contribution in [0.4, 0.5) is 14.9 Å². The number of amides is 2. The van der Waals surface area contributed by atoms with Gasteiger partial charge in [-0.05, 0) is 43.2 Å². The highest BCUT2D eigenvalue weighted by atomic mass is 19.1. The molecule has 1 saturated carbocycles. The predicted octanol–water partition coefficient (Wildman–Crippen LogP) is 3.53. The van der Waals surface area contributed by atoms with Crippen molar-refractivity contribution in [2.45, 2.75) is 25.3 Å². The van der Waals surface area contributed by atoms with Crippen molar-refractivity contribution in [1.29, 1.82) is 5.26 Å². The molecule has 1 aliphatic carbocycles. The molecule has 1 aliphatic rings. The van der Waals surface area contributed by atoms with Gasteiger partial charge in [0.05, 0.1) is 18.2 Å². The van der Waals surface area contributed by atoms with Crippen LogP contribution in [0.2, 0.25) is 0 Å². The molecule has 118 valence electrons. The van der Waals surface area contributed by atoms with Crippen LogP contribution in [0.5, 0.6) is 0 Å². The average molecular weight is 312 g/mol. The first-order valence-electron chi connectivity index (χ1n) is 7.56. The van der Waals surface area contributed by atoms with Crippen molar-refractivity contribution in [3.05, 3.63) is 48.5 Å². The standard InChI is InChI=1S/C17H17FN4O/c18-15-7-4-13(12-16(15)21-9-1-2-10-21)20-17(23)22(11-3-8-19)14-5-6-14/h1-2,4,7,9-10,12,14H,3,5-6,11H2,(H,20,23). The van der Waals surface area contributed by atoms with E-state index in [9.17, 15) is 9.18 Å². The van der Waals surface area contributed by atoms with Gasteiger partial charge in [-0.15, -0.1) is 0 Å². The van der Waals surface area contributed by atoms with E-state index in [4.69, 9.17) is 5.26 Å². The monoisotopic (exact) mass is 312 g/mol. The molecule has 0 saturated heterocycles. The summed E-state index contributed by atoms with van der Waals surface area (Å²) in [5.74, 6) is -0.359. The van der Waals surface area contributed by atoms with Gasteiger partial charge in [0.15, 0.2) is 0 Å². The normalized spacial score (nSPS) is 13.4. The number of nitriles is 1. The van der Waals surface area contributed by atoms with E-state index >= 15 is 0 Å². The molecular weight excluding hydrogens is 295 g/mol. The van der Waals surface area contributed by atoms with E-state index in [0.717, 1.165) is 12.8 Å². The number of carbonyl (C=O) groups is 1.